The Morgan fingerprint density at radius 1 is 0.912 bits per heavy atom. The van der Waals surface area contributed by atoms with Gasteiger partial charge in [-0.2, -0.15) is 0 Å². The van der Waals surface area contributed by atoms with Crippen molar-refractivity contribution in [3.05, 3.63) is 90.6 Å². The van der Waals surface area contributed by atoms with Crippen molar-refractivity contribution in [2.24, 2.45) is 0 Å². The van der Waals surface area contributed by atoms with E-state index in [1.807, 2.05) is 24.3 Å². The van der Waals surface area contributed by atoms with Crippen LogP contribution in [0.3, 0.4) is 0 Å². The Kier molecular flexibility index (Phi) is 6.63. The standard InChI is InChI=1S/C27H24FNO5/c1-27(2,26(30)31)34-24-13-11-23(12-14-24)32-16-15-22-17-33-25(29-22)20-5-3-18(4-6-20)19-7-9-21(28)10-8-19/h3-14,17H,15-16H2,1-2H3,(H,30,31). The molecule has 0 aliphatic rings. The Hall–Kier alpha value is -4.13. The lowest BCUT2D eigenvalue weighted by Gasteiger charge is -2.21. The summed E-state index contributed by atoms with van der Waals surface area (Å²) in [5.41, 5.74) is 2.21. The molecule has 0 radical (unpaired) electrons. The number of aromatic nitrogens is 1. The third-order valence-electron chi connectivity index (χ3n) is 5.20. The maximum absolute atomic E-state index is 13.1. The predicted octanol–water partition coefficient (Wildman–Crippen LogP) is 6.01. The molecule has 1 heterocycles. The summed E-state index contributed by atoms with van der Waals surface area (Å²) in [5, 5.41) is 9.15. The van der Waals surface area contributed by atoms with Crippen LogP contribution in [-0.2, 0) is 11.2 Å². The molecule has 0 amide bonds. The molecule has 3 aromatic carbocycles. The van der Waals surface area contributed by atoms with Crippen LogP contribution in [0.5, 0.6) is 11.5 Å². The highest BCUT2D eigenvalue weighted by atomic mass is 19.1. The summed E-state index contributed by atoms with van der Waals surface area (Å²) in [6, 6.07) is 20.9. The molecular weight excluding hydrogens is 437 g/mol. The van der Waals surface area contributed by atoms with Gasteiger partial charge in [0.25, 0.3) is 0 Å². The topological polar surface area (TPSA) is 81.8 Å². The van der Waals surface area contributed by atoms with Crippen LogP contribution in [0.2, 0.25) is 0 Å². The van der Waals surface area contributed by atoms with Gasteiger partial charge in [-0.25, -0.2) is 14.2 Å². The van der Waals surface area contributed by atoms with E-state index >= 15 is 0 Å². The number of carbonyl (C=O) groups is 1. The first kappa shape index (κ1) is 23.0. The molecule has 0 bridgehead atoms. The van der Waals surface area contributed by atoms with Gasteiger partial charge < -0.3 is 19.0 Å². The van der Waals surface area contributed by atoms with Crippen molar-refractivity contribution in [1.29, 1.82) is 0 Å². The Bertz CT molecular complexity index is 1250. The number of ether oxygens (including phenoxy) is 2. The minimum Gasteiger partial charge on any atom is -0.493 e. The van der Waals surface area contributed by atoms with E-state index in [0.29, 0.717) is 30.4 Å². The number of carboxylic acids is 1. The first-order valence-corrected chi connectivity index (χ1v) is 10.8. The van der Waals surface area contributed by atoms with E-state index in [1.54, 1.807) is 42.7 Å². The van der Waals surface area contributed by atoms with Crippen LogP contribution in [0.1, 0.15) is 19.5 Å². The highest BCUT2D eigenvalue weighted by Gasteiger charge is 2.29. The molecule has 0 fully saturated rings. The van der Waals surface area contributed by atoms with Gasteiger partial charge in [0.1, 0.15) is 23.6 Å². The van der Waals surface area contributed by atoms with E-state index in [0.717, 1.165) is 22.4 Å². The zero-order chi connectivity index (χ0) is 24.1. The van der Waals surface area contributed by atoms with Crippen LogP contribution >= 0.6 is 0 Å². The molecular formula is C27H24FNO5. The van der Waals surface area contributed by atoms with Gasteiger partial charge >= 0.3 is 5.97 Å². The number of oxazole rings is 1. The number of hydrogen-bond acceptors (Lipinski definition) is 5. The van der Waals surface area contributed by atoms with Crippen molar-refractivity contribution in [2.75, 3.05) is 6.61 Å². The molecule has 0 unspecified atom stereocenters. The fourth-order valence-corrected chi connectivity index (χ4v) is 3.22. The summed E-state index contributed by atoms with van der Waals surface area (Å²) in [4.78, 5) is 15.7. The number of carboxylic acid groups (broad SMARTS) is 1. The van der Waals surface area contributed by atoms with Crippen LogP contribution in [0.25, 0.3) is 22.6 Å². The van der Waals surface area contributed by atoms with Crippen molar-refractivity contribution in [1.82, 2.24) is 4.98 Å². The number of aliphatic carboxylic acids is 1. The van der Waals surface area contributed by atoms with Crippen LogP contribution in [0.4, 0.5) is 4.39 Å². The molecule has 174 valence electrons. The van der Waals surface area contributed by atoms with Gasteiger partial charge in [-0.1, -0.05) is 24.3 Å². The zero-order valence-electron chi connectivity index (χ0n) is 18.8. The van der Waals surface area contributed by atoms with Crippen molar-refractivity contribution >= 4 is 5.97 Å². The van der Waals surface area contributed by atoms with Gasteiger partial charge in [-0.3, -0.25) is 0 Å². The van der Waals surface area contributed by atoms with Crippen LogP contribution in [-0.4, -0.2) is 28.3 Å². The van der Waals surface area contributed by atoms with Crippen LogP contribution in [0.15, 0.2) is 83.5 Å². The smallest absolute Gasteiger partial charge is 0.347 e. The van der Waals surface area contributed by atoms with Gasteiger partial charge in [0.2, 0.25) is 5.89 Å². The Labute approximate surface area is 196 Å². The molecule has 0 atom stereocenters. The van der Waals surface area contributed by atoms with E-state index in [2.05, 4.69) is 4.98 Å². The second-order valence-electron chi connectivity index (χ2n) is 8.22. The zero-order valence-corrected chi connectivity index (χ0v) is 18.8. The van der Waals surface area contributed by atoms with E-state index in [9.17, 15) is 9.18 Å². The number of hydrogen-bond donors (Lipinski definition) is 1. The lowest BCUT2D eigenvalue weighted by atomic mass is 10.0. The summed E-state index contributed by atoms with van der Waals surface area (Å²) in [5.74, 6) is 0.307. The minimum absolute atomic E-state index is 0.262. The van der Waals surface area contributed by atoms with Gasteiger partial charge in [0.05, 0.1) is 12.3 Å². The van der Waals surface area contributed by atoms with Gasteiger partial charge in [0.15, 0.2) is 5.60 Å². The molecule has 0 aliphatic heterocycles. The van der Waals surface area contributed by atoms with Gasteiger partial charge in [-0.15, -0.1) is 0 Å². The van der Waals surface area contributed by atoms with E-state index in [-0.39, 0.29) is 5.82 Å². The summed E-state index contributed by atoms with van der Waals surface area (Å²) < 4.78 is 30.0. The van der Waals surface area contributed by atoms with Crippen molar-refractivity contribution in [2.45, 2.75) is 25.9 Å². The Morgan fingerprint density at radius 2 is 1.47 bits per heavy atom. The largest absolute Gasteiger partial charge is 0.493 e. The predicted molar refractivity (Wildman–Crippen MR) is 125 cm³/mol. The van der Waals surface area contributed by atoms with E-state index < -0.39 is 11.6 Å². The summed E-state index contributed by atoms with van der Waals surface area (Å²) >= 11 is 0. The van der Waals surface area contributed by atoms with E-state index in [4.69, 9.17) is 19.0 Å². The lowest BCUT2D eigenvalue weighted by Crippen LogP contribution is -2.37. The molecule has 0 spiro atoms. The molecule has 1 N–H and O–H groups in total. The Balaban J connectivity index is 1.30. The SMILES string of the molecule is CC(C)(Oc1ccc(OCCc2coc(-c3ccc(-c4ccc(F)cc4)cc3)n2)cc1)C(=O)O. The number of benzene rings is 3. The molecule has 0 aliphatic carbocycles. The van der Waals surface area contributed by atoms with Crippen molar-refractivity contribution in [3.8, 4) is 34.1 Å². The summed E-state index contributed by atoms with van der Waals surface area (Å²) in [7, 11) is 0. The highest BCUT2D eigenvalue weighted by Crippen LogP contribution is 2.25. The molecule has 34 heavy (non-hydrogen) atoms. The summed E-state index contributed by atoms with van der Waals surface area (Å²) in [6.07, 6.45) is 2.17. The molecule has 0 saturated carbocycles. The third-order valence-corrected chi connectivity index (χ3v) is 5.20. The second-order valence-corrected chi connectivity index (χ2v) is 8.22. The fourth-order valence-electron chi connectivity index (χ4n) is 3.22. The first-order chi connectivity index (χ1) is 16.3. The van der Waals surface area contributed by atoms with Crippen molar-refractivity contribution in [3.63, 3.8) is 0 Å². The quantitative estimate of drug-likeness (QED) is 0.329. The van der Waals surface area contributed by atoms with Crippen LogP contribution < -0.4 is 9.47 Å². The molecule has 0 saturated heterocycles. The average molecular weight is 461 g/mol. The maximum atomic E-state index is 13.1. The maximum Gasteiger partial charge on any atom is 0.347 e. The second kappa shape index (κ2) is 9.79. The van der Waals surface area contributed by atoms with Crippen molar-refractivity contribution < 1.29 is 28.2 Å². The number of nitrogens with zero attached hydrogens (tertiary/aromatic N) is 1. The molecule has 6 nitrogen and oxygen atoms in total. The minimum atomic E-state index is -1.31. The normalized spacial score (nSPS) is 11.3. The third kappa shape index (κ3) is 5.61. The van der Waals surface area contributed by atoms with Gasteiger partial charge in [-0.05, 0) is 73.5 Å². The Morgan fingerprint density at radius 3 is 2.09 bits per heavy atom. The fraction of sp³-hybridized carbons (Fsp3) is 0.185. The lowest BCUT2D eigenvalue weighted by molar-refractivity contribution is -0.152. The van der Waals surface area contributed by atoms with Crippen LogP contribution in [0, 0.1) is 5.82 Å². The first-order valence-electron chi connectivity index (χ1n) is 10.8. The molecule has 7 heteroatoms. The number of halogens is 1. The summed E-state index contributed by atoms with van der Waals surface area (Å²) in [6.45, 7) is 3.38. The number of rotatable bonds is 9. The monoisotopic (exact) mass is 461 g/mol. The van der Waals surface area contributed by atoms with Gasteiger partial charge in [0, 0.05) is 12.0 Å². The molecule has 4 rings (SSSR count). The molecule has 1 aromatic heterocycles. The molecule has 4 aromatic rings. The highest BCUT2D eigenvalue weighted by molar-refractivity contribution is 5.76. The van der Waals surface area contributed by atoms with E-state index in [1.165, 1.54) is 26.0 Å². The average Bonchev–Trinajstić information content (AvgIpc) is 3.29.